The van der Waals surface area contributed by atoms with E-state index in [1.165, 1.54) is 67.8 Å². The van der Waals surface area contributed by atoms with Crippen LogP contribution in [0.1, 0.15) is 145 Å². The van der Waals surface area contributed by atoms with E-state index < -0.39 is 37.9 Å². The number of rotatable bonds is 21. The number of carbonyl (C=O) groups excluding carboxylic acids is 2. The molecule has 6 atom stereocenters. The lowest BCUT2D eigenvalue weighted by atomic mass is 9.80. The number of benzene rings is 9. The lowest BCUT2D eigenvalue weighted by Gasteiger charge is -2.17. The van der Waals surface area contributed by atoms with E-state index in [4.69, 9.17) is 38.8 Å². The summed E-state index contributed by atoms with van der Waals surface area (Å²) in [5.74, 6) is 16.6. The smallest absolute Gasteiger partial charge is 0.486 e. The molecule has 3 aliphatic rings. The Kier molecular flexibility index (Phi) is 29.3. The van der Waals surface area contributed by atoms with Crippen LogP contribution in [0.15, 0.2) is 205 Å². The number of halogens is 10. The van der Waals surface area contributed by atoms with Gasteiger partial charge in [0.2, 0.25) is 0 Å². The van der Waals surface area contributed by atoms with E-state index >= 15 is 0 Å². The van der Waals surface area contributed by atoms with Crippen molar-refractivity contribution in [2.45, 2.75) is 134 Å². The second-order valence-corrected chi connectivity index (χ2v) is 26.4. The summed E-state index contributed by atoms with van der Waals surface area (Å²) in [6.07, 6.45) is -8.87. The largest absolute Gasteiger partial charge is 0.573 e. The van der Waals surface area contributed by atoms with Crippen LogP contribution in [0, 0.1) is 35.5 Å². The predicted molar refractivity (Wildman–Crippen MR) is 403 cm³/mol. The number of carboxylic acid groups (broad SMARTS) is 1. The molecule has 111 heavy (non-hydrogen) atoms. The summed E-state index contributed by atoms with van der Waals surface area (Å²) >= 11 is 3.52. The molecule has 9 aromatic rings. The molecule has 0 aromatic heterocycles. The van der Waals surface area contributed by atoms with Gasteiger partial charge in [0, 0.05) is 4.47 Å². The molecule has 3 N–H and O–H groups in total. The van der Waals surface area contributed by atoms with E-state index in [9.17, 15) is 53.9 Å². The lowest BCUT2D eigenvalue weighted by molar-refractivity contribution is -0.275. The van der Waals surface area contributed by atoms with Crippen molar-refractivity contribution in [3.8, 4) is 92.3 Å². The maximum Gasteiger partial charge on any atom is 0.573 e. The molecule has 576 valence electrons. The van der Waals surface area contributed by atoms with Crippen molar-refractivity contribution in [2.75, 3.05) is 14.2 Å². The maximum absolute atomic E-state index is 12.6. The zero-order valence-corrected chi connectivity index (χ0v) is 62.2. The number of alkyl halides is 9. The van der Waals surface area contributed by atoms with Gasteiger partial charge in [-0.1, -0.05) is 149 Å². The Bertz CT molecular complexity index is 4880. The monoisotopic (exact) mass is 1590 g/mol. The third-order valence-electron chi connectivity index (χ3n) is 17.9. The minimum absolute atomic E-state index is 0.0632. The molecule has 0 radical (unpaired) electrons. The van der Waals surface area contributed by atoms with E-state index in [0.29, 0.717) is 22.6 Å². The Hall–Kier alpha value is -11.3. The molecule has 3 unspecified atom stereocenters. The zero-order chi connectivity index (χ0) is 80.0. The van der Waals surface area contributed by atoms with Crippen molar-refractivity contribution >= 4 is 46.4 Å². The average molecular weight is 1590 g/mol. The van der Waals surface area contributed by atoms with Crippen LogP contribution in [-0.2, 0) is 43.1 Å². The van der Waals surface area contributed by atoms with Crippen molar-refractivity contribution in [1.29, 1.82) is 0 Å². The summed E-state index contributed by atoms with van der Waals surface area (Å²) in [7, 11) is 0.942. The second kappa shape index (κ2) is 38.9. The number of esters is 2. The summed E-state index contributed by atoms with van der Waals surface area (Å²) in [5, 5.41) is 26.4. The minimum atomic E-state index is -4.78. The molecular weight excluding hydrogens is 1520 g/mol. The summed E-state index contributed by atoms with van der Waals surface area (Å²) in [5.41, 5.74) is 12.5. The normalized spacial score (nSPS) is 15.1. The first-order chi connectivity index (χ1) is 52.9. The fourth-order valence-electron chi connectivity index (χ4n) is 12.8. The van der Waals surface area contributed by atoms with E-state index in [2.05, 4.69) is 83.9 Å². The van der Waals surface area contributed by atoms with Gasteiger partial charge in [-0.15, -0.1) is 57.3 Å². The number of ether oxygens (including phenoxy) is 8. The SMILES string of the molecule is CC#C[C@@H](CC(=O)O)c1ccc(OC2CCc3cc(-c4cccc(OC(F)(F)F)c4)ccc32)cc1.CC#C[C@@H](CC(=O)OC)c1ccc(OC2CCc3cc(-c4cccc(OC(F)(F)F)c4)ccc32)cc1.CC#C[C@@H](CC(=O)OC)c1ccc(OC2CCc3cc(Br)ccc32)cc1.OB(O)c1cccc(OC(F)(F)F)c1. The van der Waals surface area contributed by atoms with Crippen LogP contribution in [0.3, 0.4) is 0 Å². The number of carboxylic acids is 1. The van der Waals surface area contributed by atoms with Crippen LogP contribution in [0.2, 0.25) is 0 Å². The highest BCUT2D eigenvalue weighted by Gasteiger charge is 2.35. The number of fused-ring (bicyclic) bond motifs is 3. The van der Waals surface area contributed by atoms with Crippen molar-refractivity contribution in [1.82, 2.24) is 0 Å². The molecule has 0 heterocycles. The summed E-state index contributed by atoms with van der Waals surface area (Å²) in [6.45, 7) is 5.19. The van der Waals surface area contributed by atoms with Gasteiger partial charge in [0.25, 0.3) is 0 Å². The minimum Gasteiger partial charge on any atom is -0.486 e. The Labute approximate surface area is 645 Å². The third kappa shape index (κ3) is 25.4. The molecule has 12 rings (SSSR count). The van der Waals surface area contributed by atoms with Crippen LogP contribution < -0.4 is 33.9 Å². The number of carbonyl (C=O) groups is 3. The molecule has 0 spiro atoms. The van der Waals surface area contributed by atoms with Gasteiger partial charge >= 0.3 is 44.1 Å². The van der Waals surface area contributed by atoms with E-state index in [0.717, 1.165) is 111 Å². The van der Waals surface area contributed by atoms with Gasteiger partial charge in [-0.2, -0.15) is 0 Å². The number of methoxy groups -OCH3 is 2. The van der Waals surface area contributed by atoms with Crippen molar-refractivity contribution in [3.63, 3.8) is 0 Å². The highest BCUT2D eigenvalue weighted by atomic mass is 79.9. The molecule has 0 saturated carbocycles. The fourth-order valence-corrected chi connectivity index (χ4v) is 13.2. The van der Waals surface area contributed by atoms with Gasteiger partial charge < -0.3 is 53.0 Å². The first-order valence-corrected chi connectivity index (χ1v) is 35.7. The molecular formula is C86H75BBrF9O14. The average Bonchev–Trinajstić information content (AvgIpc) is 1.70. The number of hydrogen-bond acceptors (Lipinski definition) is 13. The van der Waals surface area contributed by atoms with E-state index in [-0.39, 0.29) is 84.2 Å². The van der Waals surface area contributed by atoms with Crippen LogP contribution in [0.4, 0.5) is 39.5 Å². The fraction of sp³-hybridized carbons (Fsp3) is 0.267. The highest BCUT2D eigenvalue weighted by molar-refractivity contribution is 9.10. The quantitative estimate of drug-likeness (QED) is 0.0267. The third-order valence-corrected chi connectivity index (χ3v) is 18.4. The van der Waals surface area contributed by atoms with Gasteiger partial charge in [-0.25, -0.2) is 0 Å². The van der Waals surface area contributed by atoms with Gasteiger partial charge in [-0.3, -0.25) is 14.4 Å². The van der Waals surface area contributed by atoms with Crippen LogP contribution in [0.5, 0.6) is 34.5 Å². The van der Waals surface area contributed by atoms with Crippen molar-refractivity contribution in [3.05, 3.63) is 255 Å². The van der Waals surface area contributed by atoms with E-state index in [1.54, 1.807) is 39.0 Å². The molecule has 14 nitrogen and oxygen atoms in total. The van der Waals surface area contributed by atoms with Crippen LogP contribution in [0.25, 0.3) is 22.3 Å². The molecule has 0 fully saturated rings. The van der Waals surface area contributed by atoms with Gasteiger partial charge in [0.1, 0.15) is 52.8 Å². The standard InChI is InChI=1S/C29H25F3O4.C28H23F3O4.C22H21BrO3.C7H6BF3O3/c1-3-5-20(18-28(33)34-2)19-8-12-24(13-9-19)35-27-15-11-23-16-22(10-14-26(23)27)21-6-4-7-25(17-21)36-29(30,31)32;1-2-4-19(17-27(32)33)18-7-11-23(12-8-18)34-26-14-10-22-15-21(9-13-25(22)26)20-5-3-6-24(16-20)35-28(29,30)31;1-3-4-16(14-22(24)25-2)15-5-9-19(10-6-15)26-21-12-7-17-13-18(23)8-11-20(17)21;9-7(10,11)14-6-3-1-2-5(4-6)8(12)13/h4,6-10,12-14,16-17,20,27H,11,15,18H2,1-2H3;3,5-9,11-13,15-16,19,26H,10,14,17H2,1H3,(H,32,33);5-6,8-11,13,16,21H,7,12,14H2,1-2H3;1-4,12-13H/t20-,27?;19-,26?;16-,21?;/m000./s1. The molecule has 9 aromatic carbocycles. The van der Waals surface area contributed by atoms with Gasteiger partial charge in [0.15, 0.2) is 0 Å². The van der Waals surface area contributed by atoms with Gasteiger partial charge in [-0.05, 0) is 222 Å². The Balaban J connectivity index is 0.000000178. The number of aryl methyl sites for hydroxylation is 3. The summed E-state index contributed by atoms with van der Waals surface area (Å²) in [4.78, 5) is 34.4. The second-order valence-electron chi connectivity index (χ2n) is 25.5. The van der Waals surface area contributed by atoms with Crippen LogP contribution >= 0.6 is 15.9 Å². The zero-order valence-electron chi connectivity index (χ0n) is 60.6. The Morgan fingerprint density at radius 3 is 1.08 bits per heavy atom. The highest BCUT2D eigenvalue weighted by Crippen LogP contribution is 2.42. The molecule has 25 heteroatoms. The van der Waals surface area contributed by atoms with E-state index in [1.807, 2.05) is 109 Å². The molecule has 0 amide bonds. The maximum atomic E-state index is 12.6. The number of aliphatic carboxylic acids is 1. The molecule has 0 bridgehead atoms. The summed E-state index contributed by atoms with van der Waals surface area (Å²) < 4.78 is 152. The molecule has 0 saturated heterocycles. The van der Waals surface area contributed by atoms with Crippen molar-refractivity contribution in [2.24, 2.45) is 0 Å². The Morgan fingerprint density at radius 2 is 0.748 bits per heavy atom. The van der Waals surface area contributed by atoms with Crippen LogP contribution in [-0.4, -0.2) is 73.5 Å². The topological polar surface area (TPSA) is 186 Å². The summed E-state index contributed by atoms with van der Waals surface area (Å²) in [6, 6.07) is 57.1. The lowest BCUT2D eigenvalue weighted by Crippen LogP contribution is -2.30. The van der Waals surface area contributed by atoms with Gasteiger partial charge in [0.05, 0.1) is 51.2 Å². The molecule has 3 aliphatic carbocycles. The Morgan fingerprint density at radius 1 is 0.423 bits per heavy atom. The first kappa shape index (κ1) is 83.7. The van der Waals surface area contributed by atoms with Crippen molar-refractivity contribution < 1.29 is 107 Å². The number of hydrogen-bond donors (Lipinski definition) is 3. The predicted octanol–water partition coefficient (Wildman–Crippen LogP) is 19.3. The first-order valence-electron chi connectivity index (χ1n) is 34.9. The molecule has 0 aliphatic heterocycles.